The van der Waals surface area contributed by atoms with Crippen molar-refractivity contribution in [1.82, 2.24) is 0 Å². The molecule has 4 aromatic rings. The zero-order valence-corrected chi connectivity index (χ0v) is 34.2. The molecule has 2 aliphatic rings. The van der Waals surface area contributed by atoms with Gasteiger partial charge in [-0.25, -0.2) is 0 Å². The molecule has 0 radical (unpaired) electrons. The molecule has 0 bridgehead atoms. The van der Waals surface area contributed by atoms with Crippen LogP contribution in [-0.2, 0) is 10.1 Å². The standard InChI is InChI=1S/C44H48IN2O4S/c1-9-21-45-38-15-12-14-32(26(2)3)44(38)47-31-18-20-34-40(25-31)51-39-24-30(46-43-36(27(4)5)22-29(8)23-37(43)28(6)7)17-19-33(39)42(34)35-13-10-11-16-41(35)52(48,49)50/h10-20,22-28,47H,9,21H2,1-8H3,(H,48,49,50)/q-1. The van der Waals surface area contributed by atoms with Crippen LogP contribution in [0.1, 0.15) is 94.9 Å². The Bertz CT molecular complexity index is 2380. The van der Waals surface area contributed by atoms with Crippen LogP contribution in [0.3, 0.4) is 0 Å². The Morgan fingerprint density at radius 2 is 1.48 bits per heavy atom. The van der Waals surface area contributed by atoms with E-state index >= 15 is 0 Å². The van der Waals surface area contributed by atoms with Gasteiger partial charge in [-0.1, -0.05) is 45.4 Å². The van der Waals surface area contributed by atoms with E-state index in [1.54, 1.807) is 18.2 Å². The van der Waals surface area contributed by atoms with Crippen molar-refractivity contribution in [3.05, 3.63) is 122 Å². The van der Waals surface area contributed by atoms with Crippen LogP contribution in [0, 0.1) is 10.5 Å². The number of aryl methyl sites for hydroxylation is 1. The first-order valence-electron chi connectivity index (χ1n) is 18.0. The van der Waals surface area contributed by atoms with Crippen LogP contribution in [0.15, 0.2) is 105 Å². The van der Waals surface area contributed by atoms with Crippen molar-refractivity contribution in [1.29, 1.82) is 0 Å². The number of nitrogens with zero attached hydrogens (tertiary/aromatic N) is 1. The maximum atomic E-state index is 12.7. The molecule has 8 heteroatoms. The van der Waals surface area contributed by atoms with Gasteiger partial charge >= 0.3 is 245 Å². The van der Waals surface area contributed by atoms with E-state index in [4.69, 9.17) is 9.41 Å². The summed E-state index contributed by atoms with van der Waals surface area (Å²) in [5.41, 5.74) is 10.3. The summed E-state index contributed by atoms with van der Waals surface area (Å²) in [5.74, 6) is 1.47. The monoisotopic (exact) mass is 827 g/mol. The molecular formula is C44H48IN2O4S-. The van der Waals surface area contributed by atoms with E-state index in [9.17, 15) is 13.0 Å². The molecule has 6 nitrogen and oxygen atoms in total. The zero-order valence-electron chi connectivity index (χ0n) is 31.2. The summed E-state index contributed by atoms with van der Waals surface area (Å²) in [6.07, 6.45) is 1.16. The Balaban J connectivity index is 1.62. The summed E-state index contributed by atoms with van der Waals surface area (Å²) in [7, 11) is -4.53. The molecule has 0 unspecified atom stereocenters. The summed E-state index contributed by atoms with van der Waals surface area (Å²) >= 11 is -0.164. The van der Waals surface area contributed by atoms with Gasteiger partial charge < -0.3 is 0 Å². The van der Waals surface area contributed by atoms with Gasteiger partial charge in [0, 0.05) is 0 Å². The van der Waals surface area contributed by atoms with Gasteiger partial charge in [-0.15, -0.1) is 0 Å². The maximum absolute atomic E-state index is 12.7. The third-order valence-corrected chi connectivity index (χ3v) is 13.6. The van der Waals surface area contributed by atoms with Crippen molar-refractivity contribution in [3.63, 3.8) is 0 Å². The summed E-state index contributed by atoms with van der Waals surface area (Å²) in [6, 6.07) is 29.5. The van der Waals surface area contributed by atoms with Crippen LogP contribution in [0.5, 0.6) is 0 Å². The van der Waals surface area contributed by atoms with Crippen LogP contribution in [-0.4, -0.2) is 17.4 Å². The Kier molecular flexibility index (Phi) is 11.3. The number of rotatable bonds is 11. The zero-order chi connectivity index (χ0) is 37.3. The molecule has 0 fully saturated rings. The Morgan fingerprint density at radius 3 is 2.13 bits per heavy atom. The van der Waals surface area contributed by atoms with E-state index in [1.807, 2.05) is 36.4 Å². The third-order valence-electron chi connectivity index (χ3n) is 9.30. The summed E-state index contributed by atoms with van der Waals surface area (Å²) in [5, 5.41) is 5.23. The van der Waals surface area contributed by atoms with E-state index < -0.39 is 10.1 Å². The van der Waals surface area contributed by atoms with Crippen LogP contribution < -0.4 is 31.9 Å². The molecular weight excluding hydrogens is 779 g/mol. The number of hydrogen-bond acceptors (Lipinski definition) is 5. The molecule has 0 aromatic heterocycles. The number of fused-ring (bicyclic) bond motifs is 2. The molecule has 0 atom stereocenters. The molecule has 0 amide bonds. The molecule has 2 N–H and O–H groups in total. The Morgan fingerprint density at radius 1 is 0.788 bits per heavy atom. The molecule has 0 saturated carbocycles. The molecule has 4 aromatic carbocycles. The van der Waals surface area contributed by atoms with Crippen molar-refractivity contribution in [2.24, 2.45) is 4.99 Å². The minimum absolute atomic E-state index is 0.155. The normalized spacial score (nSPS) is 12.7. The molecule has 0 saturated heterocycles. The van der Waals surface area contributed by atoms with Gasteiger partial charge in [0.15, 0.2) is 0 Å². The van der Waals surface area contributed by atoms with E-state index in [-0.39, 0.29) is 37.9 Å². The predicted octanol–water partition coefficient (Wildman–Crippen LogP) is 8.77. The predicted molar refractivity (Wildman–Crippen MR) is 210 cm³/mol. The Labute approximate surface area is 318 Å². The van der Waals surface area contributed by atoms with Crippen LogP contribution >= 0.6 is 0 Å². The minimum atomic E-state index is -4.53. The van der Waals surface area contributed by atoms with Gasteiger partial charge in [-0.05, 0) is 29.9 Å². The average molecular weight is 828 g/mol. The first kappa shape index (κ1) is 37.8. The molecule has 1 heterocycles. The molecule has 272 valence electrons. The molecule has 1 aliphatic carbocycles. The van der Waals surface area contributed by atoms with E-state index in [0.29, 0.717) is 28.4 Å². The summed E-state index contributed by atoms with van der Waals surface area (Å²) < 4.78 is 45.1. The molecule has 1 aliphatic heterocycles. The number of hydrogen-bond donors (Lipinski definition) is 2. The van der Waals surface area contributed by atoms with Crippen molar-refractivity contribution < 1.29 is 38.6 Å². The first-order valence-corrected chi connectivity index (χ1v) is 22.1. The van der Waals surface area contributed by atoms with Gasteiger partial charge in [-0.2, -0.15) is 0 Å². The summed E-state index contributed by atoms with van der Waals surface area (Å²) in [6.45, 7) is 17.6. The number of benzene rings is 5. The SMILES string of the molecule is CCC[I-]c1cccc(C(C)C)c1Nc1ccc2c(-c3ccccc3S(=O)(=O)O)c3ccc(=Nc4c(C(C)C)cc(C)cc4C(C)C)cc-3oc2c1. The fraction of sp³-hybridized carbons (Fsp3) is 0.295. The van der Waals surface area contributed by atoms with Crippen molar-refractivity contribution in [2.45, 2.75) is 84.5 Å². The van der Waals surface area contributed by atoms with Crippen LogP contribution in [0.4, 0.5) is 17.1 Å². The fourth-order valence-electron chi connectivity index (χ4n) is 6.79. The van der Waals surface area contributed by atoms with E-state index in [2.05, 4.69) is 91.0 Å². The third kappa shape index (κ3) is 7.84. The molecule has 0 spiro atoms. The number of para-hydroxylation sites is 1. The van der Waals surface area contributed by atoms with E-state index in [1.165, 1.54) is 36.3 Å². The number of anilines is 2. The van der Waals surface area contributed by atoms with E-state index in [0.717, 1.165) is 39.8 Å². The second-order valence-corrected chi connectivity index (χ2v) is 18.8. The Hall–Kier alpha value is -3.99. The first-order chi connectivity index (χ1) is 24.8. The summed E-state index contributed by atoms with van der Waals surface area (Å²) in [4.78, 5) is 5.09. The van der Waals surface area contributed by atoms with Crippen molar-refractivity contribution in [2.75, 3.05) is 9.74 Å². The quantitative estimate of drug-likeness (QED) is 0.0590. The topological polar surface area (TPSA) is 91.9 Å². The fourth-order valence-corrected chi connectivity index (χ4v) is 9.90. The van der Waals surface area contributed by atoms with Crippen molar-refractivity contribution >= 4 is 38.1 Å². The van der Waals surface area contributed by atoms with Gasteiger partial charge in [0.05, 0.1) is 0 Å². The van der Waals surface area contributed by atoms with Crippen LogP contribution in [0.2, 0.25) is 0 Å². The second-order valence-electron chi connectivity index (χ2n) is 14.4. The van der Waals surface area contributed by atoms with Gasteiger partial charge in [0.25, 0.3) is 0 Å². The van der Waals surface area contributed by atoms with Crippen LogP contribution in [0.25, 0.3) is 33.4 Å². The van der Waals surface area contributed by atoms with Gasteiger partial charge in [0.1, 0.15) is 0 Å². The number of nitrogens with one attached hydrogen (secondary N) is 1. The number of halogens is 1. The molecule has 6 rings (SSSR count). The molecule has 52 heavy (non-hydrogen) atoms. The number of alkyl halides is 1. The van der Waals surface area contributed by atoms with Crippen molar-refractivity contribution in [3.8, 4) is 22.5 Å². The second kappa shape index (κ2) is 15.5. The van der Waals surface area contributed by atoms with Gasteiger partial charge in [-0.3, -0.25) is 0 Å². The average Bonchev–Trinajstić information content (AvgIpc) is 3.09. The van der Waals surface area contributed by atoms with Gasteiger partial charge in [0.2, 0.25) is 0 Å².